The maximum atomic E-state index is 10.8. The van der Waals surface area contributed by atoms with Crippen molar-refractivity contribution in [2.75, 3.05) is 13.1 Å². The lowest BCUT2D eigenvalue weighted by Crippen LogP contribution is -2.42. The molecule has 1 saturated heterocycles. The van der Waals surface area contributed by atoms with Crippen molar-refractivity contribution in [1.82, 2.24) is 10.2 Å². The average Bonchev–Trinajstić information content (AvgIpc) is 2.47. The second-order valence-electron chi connectivity index (χ2n) is 3.83. The van der Waals surface area contributed by atoms with Gasteiger partial charge in [0.15, 0.2) is 0 Å². The van der Waals surface area contributed by atoms with Crippen LogP contribution in [-0.4, -0.2) is 41.3 Å². The van der Waals surface area contributed by atoms with E-state index in [1.807, 2.05) is 0 Å². The summed E-state index contributed by atoms with van der Waals surface area (Å²) in [5, 5.41) is 12.1. The molecule has 4 heteroatoms. The van der Waals surface area contributed by atoms with Gasteiger partial charge in [0.2, 0.25) is 0 Å². The highest BCUT2D eigenvalue weighted by Gasteiger charge is 2.27. The Kier molecular flexibility index (Phi) is 3.54. The SMILES string of the molecule is CC(C)NCC1CCCN1C(=O)O. The van der Waals surface area contributed by atoms with E-state index in [4.69, 9.17) is 5.11 Å². The molecule has 76 valence electrons. The van der Waals surface area contributed by atoms with Crippen molar-refractivity contribution in [3.63, 3.8) is 0 Å². The molecule has 1 aliphatic heterocycles. The lowest BCUT2D eigenvalue weighted by molar-refractivity contribution is 0.139. The molecule has 1 unspecified atom stereocenters. The van der Waals surface area contributed by atoms with Crippen LogP contribution in [0.4, 0.5) is 4.79 Å². The zero-order chi connectivity index (χ0) is 9.84. The van der Waals surface area contributed by atoms with Crippen LogP contribution in [0.25, 0.3) is 0 Å². The Balaban J connectivity index is 2.35. The molecule has 0 aromatic heterocycles. The smallest absolute Gasteiger partial charge is 0.407 e. The molecule has 1 atom stereocenters. The fourth-order valence-corrected chi connectivity index (χ4v) is 1.67. The minimum atomic E-state index is -0.784. The third kappa shape index (κ3) is 2.88. The third-order valence-electron chi connectivity index (χ3n) is 2.38. The van der Waals surface area contributed by atoms with Crippen LogP contribution in [0.1, 0.15) is 26.7 Å². The van der Waals surface area contributed by atoms with Crippen molar-refractivity contribution in [3.8, 4) is 0 Å². The number of rotatable bonds is 3. The molecule has 1 fully saturated rings. The average molecular weight is 186 g/mol. The number of nitrogens with one attached hydrogen (secondary N) is 1. The number of nitrogens with zero attached hydrogens (tertiary/aromatic N) is 1. The fraction of sp³-hybridized carbons (Fsp3) is 0.889. The summed E-state index contributed by atoms with van der Waals surface area (Å²) in [6.45, 7) is 5.61. The molecule has 1 rings (SSSR count). The maximum Gasteiger partial charge on any atom is 0.407 e. The number of likely N-dealkylation sites (tertiary alicyclic amines) is 1. The normalized spacial score (nSPS) is 22.7. The summed E-state index contributed by atoms with van der Waals surface area (Å²) in [6, 6.07) is 0.608. The molecule has 0 bridgehead atoms. The Labute approximate surface area is 78.9 Å². The summed E-state index contributed by atoms with van der Waals surface area (Å²) in [6.07, 6.45) is 1.20. The van der Waals surface area contributed by atoms with E-state index in [0.717, 1.165) is 19.4 Å². The van der Waals surface area contributed by atoms with Gasteiger partial charge in [-0.05, 0) is 12.8 Å². The molecular weight excluding hydrogens is 168 g/mol. The van der Waals surface area contributed by atoms with E-state index in [9.17, 15) is 4.79 Å². The van der Waals surface area contributed by atoms with Crippen LogP contribution in [-0.2, 0) is 0 Å². The van der Waals surface area contributed by atoms with Crippen molar-refractivity contribution in [2.45, 2.75) is 38.8 Å². The minimum absolute atomic E-state index is 0.180. The van der Waals surface area contributed by atoms with Crippen LogP contribution in [0, 0.1) is 0 Å². The summed E-state index contributed by atoms with van der Waals surface area (Å²) in [7, 11) is 0. The summed E-state index contributed by atoms with van der Waals surface area (Å²) in [5.41, 5.74) is 0. The molecule has 2 N–H and O–H groups in total. The van der Waals surface area contributed by atoms with Gasteiger partial charge in [-0.1, -0.05) is 13.8 Å². The first-order chi connectivity index (χ1) is 6.11. The van der Waals surface area contributed by atoms with E-state index in [0.29, 0.717) is 12.6 Å². The quantitative estimate of drug-likeness (QED) is 0.694. The van der Waals surface area contributed by atoms with Crippen LogP contribution in [0.5, 0.6) is 0 Å². The number of hydrogen-bond acceptors (Lipinski definition) is 2. The number of carboxylic acid groups (broad SMARTS) is 1. The monoisotopic (exact) mass is 186 g/mol. The van der Waals surface area contributed by atoms with E-state index < -0.39 is 6.09 Å². The van der Waals surface area contributed by atoms with Crippen LogP contribution in [0.2, 0.25) is 0 Å². The predicted octanol–water partition coefficient (Wildman–Crippen LogP) is 1.13. The molecule has 0 aromatic rings. The summed E-state index contributed by atoms with van der Waals surface area (Å²) in [5.74, 6) is 0. The molecular formula is C9H18N2O2. The van der Waals surface area contributed by atoms with Gasteiger partial charge in [0, 0.05) is 25.2 Å². The topological polar surface area (TPSA) is 52.6 Å². The predicted molar refractivity (Wildman–Crippen MR) is 50.9 cm³/mol. The van der Waals surface area contributed by atoms with Gasteiger partial charge in [-0.3, -0.25) is 0 Å². The van der Waals surface area contributed by atoms with Crippen molar-refractivity contribution >= 4 is 6.09 Å². The van der Waals surface area contributed by atoms with E-state index in [1.54, 1.807) is 0 Å². The van der Waals surface area contributed by atoms with Gasteiger partial charge in [0.05, 0.1) is 0 Å². The molecule has 0 radical (unpaired) electrons. The molecule has 1 heterocycles. The summed E-state index contributed by atoms with van der Waals surface area (Å²) in [4.78, 5) is 12.3. The number of amides is 1. The van der Waals surface area contributed by atoms with E-state index in [-0.39, 0.29) is 6.04 Å². The second-order valence-corrected chi connectivity index (χ2v) is 3.83. The highest BCUT2D eigenvalue weighted by molar-refractivity contribution is 5.65. The van der Waals surface area contributed by atoms with E-state index in [2.05, 4.69) is 19.2 Å². The van der Waals surface area contributed by atoms with Gasteiger partial charge in [0.1, 0.15) is 0 Å². The van der Waals surface area contributed by atoms with Crippen LogP contribution in [0.3, 0.4) is 0 Å². The van der Waals surface area contributed by atoms with Crippen molar-refractivity contribution in [1.29, 1.82) is 0 Å². The van der Waals surface area contributed by atoms with Crippen LogP contribution >= 0.6 is 0 Å². The Morgan fingerprint density at radius 1 is 1.69 bits per heavy atom. The highest BCUT2D eigenvalue weighted by atomic mass is 16.4. The number of carbonyl (C=O) groups is 1. The first kappa shape index (κ1) is 10.3. The lowest BCUT2D eigenvalue weighted by Gasteiger charge is -2.22. The molecule has 4 nitrogen and oxygen atoms in total. The second kappa shape index (κ2) is 4.46. The van der Waals surface area contributed by atoms with Gasteiger partial charge in [-0.2, -0.15) is 0 Å². The Morgan fingerprint density at radius 2 is 2.38 bits per heavy atom. The molecule has 1 aliphatic rings. The number of hydrogen-bond donors (Lipinski definition) is 2. The van der Waals surface area contributed by atoms with Crippen molar-refractivity contribution in [2.24, 2.45) is 0 Å². The van der Waals surface area contributed by atoms with Crippen molar-refractivity contribution in [3.05, 3.63) is 0 Å². The maximum absolute atomic E-state index is 10.8. The van der Waals surface area contributed by atoms with E-state index >= 15 is 0 Å². The first-order valence-corrected chi connectivity index (χ1v) is 4.84. The van der Waals surface area contributed by atoms with Gasteiger partial charge >= 0.3 is 6.09 Å². The van der Waals surface area contributed by atoms with Gasteiger partial charge in [0.25, 0.3) is 0 Å². The van der Waals surface area contributed by atoms with Crippen molar-refractivity contribution < 1.29 is 9.90 Å². The molecule has 0 saturated carbocycles. The van der Waals surface area contributed by atoms with Gasteiger partial charge < -0.3 is 15.3 Å². The molecule has 0 aliphatic carbocycles. The third-order valence-corrected chi connectivity index (χ3v) is 2.38. The van der Waals surface area contributed by atoms with Crippen LogP contribution in [0.15, 0.2) is 0 Å². The lowest BCUT2D eigenvalue weighted by atomic mass is 10.2. The minimum Gasteiger partial charge on any atom is -0.465 e. The fourth-order valence-electron chi connectivity index (χ4n) is 1.67. The highest BCUT2D eigenvalue weighted by Crippen LogP contribution is 2.16. The molecule has 0 spiro atoms. The Bertz CT molecular complexity index is 182. The van der Waals surface area contributed by atoms with Crippen LogP contribution < -0.4 is 5.32 Å². The standard InChI is InChI=1S/C9H18N2O2/c1-7(2)10-6-8-4-3-5-11(8)9(12)13/h7-8,10H,3-6H2,1-2H3,(H,12,13). The largest absolute Gasteiger partial charge is 0.465 e. The molecule has 1 amide bonds. The van der Waals surface area contributed by atoms with E-state index in [1.165, 1.54) is 4.90 Å². The van der Waals surface area contributed by atoms with Gasteiger partial charge in [-0.25, -0.2) is 4.79 Å². The zero-order valence-electron chi connectivity index (χ0n) is 8.29. The molecule has 0 aromatic carbocycles. The Morgan fingerprint density at radius 3 is 2.92 bits per heavy atom. The van der Waals surface area contributed by atoms with Gasteiger partial charge in [-0.15, -0.1) is 0 Å². The zero-order valence-corrected chi connectivity index (χ0v) is 8.29. The Hall–Kier alpha value is -0.770. The summed E-state index contributed by atoms with van der Waals surface area (Å²) >= 11 is 0. The first-order valence-electron chi connectivity index (χ1n) is 4.84. The summed E-state index contributed by atoms with van der Waals surface area (Å²) < 4.78 is 0. The molecule has 13 heavy (non-hydrogen) atoms.